The monoisotopic (exact) mass is 295 g/mol. The van der Waals surface area contributed by atoms with E-state index in [9.17, 15) is 0 Å². The van der Waals surface area contributed by atoms with E-state index in [0.717, 1.165) is 26.2 Å². The first-order chi connectivity index (χ1) is 10.8. The van der Waals surface area contributed by atoms with Gasteiger partial charge < -0.3 is 9.47 Å². The molecule has 1 aromatic carbocycles. The molecule has 0 bridgehead atoms. The van der Waals surface area contributed by atoms with Crippen molar-refractivity contribution in [3.63, 3.8) is 0 Å². The molecule has 0 aliphatic carbocycles. The highest BCUT2D eigenvalue weighted by atomic mass is 15.3. The molecule has 2 aromatic heterocycles. The molecule has 0 unspecified atom stereocenters. The minimum absolute atomic E-state index is 0.819. The van der Waals surface area contributed by atoms with E-state index in [4.69, 9.17) is 0 Å². The Balaban J connectivity index is 1.55. The van der Waals surface area contributed by atoms with Crippen molar-refractivity contribution in [3.05, 3.63) is 72.6 Å². The predicted molar refractivity (Wildman–Crippen MR) is 86.3 cm³/mol. The average molecular weight is 295 g/mol. The minimum Gasteiger partial charge on any atom is -0.336 e. The fraction of sp³-hybridized carbons (Fsp3) is 0.294. The number of benzene rings is 1. The van der Waals surface area contributed by atoms with E-state index < -0.39 is 0 Å². The summed E-state index contributed by atoms with van der Waals surface area (Å²) in [5.41, 5.74) is 2.61. The number of likely N-dealkylation sites (N-methyl/N-ethyl adjacent to an activating group) is 1. The number of hydrogen-bond donors (Lipinski definition) is 0. The molecule has 0 spiro atoms. The first-order valence-electron chi connectivity index (χ1n) is 7.49. The minimum atomic E-state index is 0.819. The van der Waals surface area contributed by atoms with Crippen molar-refractivity contribution in [2.45, 2.75) is 19.6 Å². The van der Waals surface area contributed by atoms with Gasteiger partial charge in [0, 0.05) is 44.4 Å². The molecular weight excluding hydrogens is 274 g/mol. The van der Waals surface area contributed by atoms with Gasteiger partial charge in [0.15, 0.2) is 0 Å². The number of imidazole rings is 1. The highest BCUT2D eigenvalue weighted by molar-refractivity contribution is 5.23. The van der Waals surface area contributed by atoms with Gasteiger partial charge in [0.2, 0.25) is 0 Å². The Hall–Kier alpha value is -2.40. The van der Waals surface area contributed by atoms with E-state index in [-0.39, 0.29) is 0 Å². The van der Waals surface area contributed by atoms with E-state index in [1.807, 2.05) is 41.9 Å². The molecule has 22 heavy (non-hydrogen) atoms. The van der Waals surface area contributed by atoms with Crippen LogP contribution in [0.25, 0.3) is 0 Å². The average Bonchev–Trinajstić information content (AvgIpc) is 3.19. The molecule has 5 nitrogen and oxygen atoms in total. The van der Waals surface area contributed by atoms with Crippen molar-refractivity contribution in [1.82, 2.24) is 24.2 Å². The van der Waals surface area contributed by atoms with Crippen LogP contribution in [-0.2, 0) is 19.6 Å². The normalized spacial score (nSPS) is 11.2. The van der Waals surface area contributed by atoms with Crippen LogP contribution in [0.4, 0.5) is 0 Å². The summed E-state index contributed by atoms with van der Waals surface area (Å²) < 4.78 is 4.05. The summed E-state index contributed by atoms with van der Waals surface area (Å²) in [5.74, 6) is 0. The lowest BCUT2D eigenvalue weighted by atomic mass is 10.1. The SMILES string of the molecule is CN(CCn1ccnc1)Cc1cccc(Cn2cccn2)c1. The van der Waals surface area contributed by atoms with Gasteiger partial charge in [-0.05, 0) is 24.2 Å². The van der Waals surface area contributed by atoms with Gasteiger partial charge in [0.1, 0.15) is 0 Å². The number of hydrogen-bond acceptors (Lipinski definition) is 3. The molecule has 114 valence electrons. The Morgan fingerprint density at radius 3 is 2.77 bits per heavy atom. The lowest BCUT2D eigenvalue weighted by Crippen LogP contribution is -2.22. The largest absolute Gasteiger partial charge is 0.336 e. The van der Waals surface area contributed by atoms with Crippen LogP contribution in [0.3, 0.4) is 0 Å². The number of nitrogens with zero attached hydrogens (tertiary/aromatic N) is 5. The Kier molecular flexibility index (Phi) is 4.65. The van der Waals surface area contributed by atoms with Crippen LogP contribution in [0.1, 0.15) is 11.1 Å². The lowest BCUT2D eigenvalue weighted by Gasteiger charge is -2.17. The zero-order valence-corrected chi connectivity index (χ0v) is 12.8. The van der Waals surface area contributed by atoms with Crippen LogP contribution < -0.4 is 0 Å². The van der Waals surface area contributed by atoms with Gasteiger partial charge >= 0.3 is 0 Å². The van der Waals surface area contributed by atoms with Crippen LogP contribution in [0.15, 0.2) is 61.4 Å². The molecule has 0 saturated carbocycles. The van der Waals surface area contributed by atoms with Gasteiger partial charge in [-0.3, -0.25) is 4.68 Å². The highest BCUT2D eigenvalue weighted by Crippen LogP contribution is 2.09. The third kappa shape index (κ3) is 4.05. The second-order valence-electron chi connectivity index (χ2n) is 5.56. The zero-order valence-electron chi connectivity index (χ0n) is 12.8. The van der Waals surface area contributed by atoms with Gasteiger partial charge in [0.05, 0.1) is 12.9 Å². The second kappa shape index (κ2) is 7.04. The molecular formula is C17H21N5. The van der Waals surface area contributed by atoms with Crippen molar-refractivity contribution in [2.24, 2.45) is 0 Å². The standard InChI is InChI=1S/C17H21N5/c1-20(10-11-21-9-7-18-15-21)13-16-4-2-5-17(12-16)14-22-8-3-6-19-22/h2-9,12,15H,10-11,13-14H2,1H3. The van der Waals surface area contributed by atoms with Crippen molar-refractivity contribution in [1.29, 1.82) is 0 Å². The Labute approximate surface area is 130 Å². The van der Waals surface area contributed by atoms with Crippen molar-refractivity contribution < 1.29 is 0 Å². The van der Waals surface area contributed by atoms with Crippen molar-refractivity contribution in [3.8, 4) is 0 Å². The fourth-order valence-electron chi connectivity index (χ4n) is 2.50. The maximum Gasteiger partial charge on any atom is 0.0946 e. The van der Waals surface area contributed by atoms with Crippen molar-refractivity contribution in [2.75, 3.05) is 13.6 Å². The highest BCUT2D eigenvalue weighted by Gasteiger charge is 2.03. The van der Waals surface area contributed by atoms with Crippen LogP contribution in [0.5, 0.6) is 0 Å². The van der Waals surface area contributed by atoms with Crippen molar-refractivity contribution >= 4 is 0 Å². The molecule has 0 saturated heterocycles. The van der Waals surface area contributed by atoms with Gasteiger partial charge in [-0.2, -0.15) is 5.10 Å². The number of aromatic nitrogens is 4. The summed E-state index contributed by atoms with van der Waals surface area (Å²) in [4.78, 5) is 6.39. The summed E-state index contributed by atoms with van der Waals surface area (Å²) in [6.45, 7) is 3.73. The smallest absolute Gasteiger partial charge is 0.0946 e. The molecule has 0 amide bonds. The van der Waals surface area contributed by atoms with Crippen LogP contribution in [-0.4, -0.2) is 37.8 Å². The van der Waals surface area contributed by atoms with Crippen LogP contribution >= 0.6 is 0 Å². The topological polar surface area (TPSA) is 38.9 Å². The van der Waals surface area contributed by atoms with E-state index in [1.165, 1.54) is 11.1 Å². The Morgan fingerprint density at radius 1 is 1.09 bits per heavy atom. The molecule has 0 atom stereocenters. The molecule has 0 N–H and O–H groups in total. The molecule has 5 heteroatoms. The van der Waals surface area contributed by atoms with Crippen LogP contribution in [0.2, 0.25) is 0 Å². The van der Waals surface area contributed by atoms with E-state index in [0.29, 0.717) is 0 Å². The van der Waals surface area contributed by atoms with E-state index in [2.05, 4.69) is 50.9 Å². The summed E-state index contributed by atoms with van der Waals surface area (Å²) in [6, 6.07) is 10.7. The Morgan fingerprint density at radius 2 is 2.00 bits per heavy atom. The summed E-state index contributed by atoms with van der Waals surface area (Å²) in [6.07, 6.45) is 9.48. The molecule has 0 radical (unpaired) electrons. The van der Waals surface area contributed by atoms with Gasteiger partial charge in [-0.15, -0.1) is 0 Å². The quantitative estimate of drug-likeness (QED) is 0.671. The Bertz CT molecular complexity index is 673. The molecule has 2 heterocycles. The molecule has 3 aromatic rings. The summed E-state index contributed by atoms with van der Waals surface area (Å²) in [7, 11) is 2.15. The summed E-state index contributed by atoms with van der Waals surface area (Å²) >= 11 is 0. The third-order valence-electron chi connectivity index (χ3n) is 3.65. The van der Waals surface area contributed by atoms with Crippen LogP contribution in [0, 0.1) is 0 Å². The molecule has 0 aliphatic heterocycles. The second-order valence-corrected chi connectivity index (χ2v) is 5.56. The molecule has 0 fully saturated rings. The third-order valence-corrected chi connectivity index (χ3v) is 3.65. The molecule has 3 rings (SSSR count). The maximum absolute atomic E-state index is 4.26. The fourth-order valence-corrected chi connectivity index (χ4v) is 2.50. The maximum atomic E-state index is 4.26. The van der Waals surface area contributed by atoms with E-state index in [1.54, 1.807) is 0 Å². The van der Waals surface area contributed by atoms with Gasteiger partial charge in [-0.1, -0.05) is 24.3 Å². The lowest BCUT2D eigenvalue weighted by molar-refractivity contribution is 0.311. The van der Waals surface area contributed by atoms with Gasteiger partial charge in [0.25, 0.3) is 0 Å². The first-order valence-corrected chi connectivity index (χ1v) is 7.49. The van der Waals surface area contributed by atoms with E-state index >= 15 is 0 Å². The molecule has 0 aliphatic rings. The number of rotatable bonds is 7. The first kappa shape index (κ1) is 14.5. The zero-order chi connectivity index (χ0) is 15.2. The van der Waals surface area contributed by atoms with Gasteiger partial charge in [-0.25, -0.2) is 4.98 Å². The predicted octanol–water partition coefficient (Wildman–Crippen LogP) is 2.26. The summed E-state index contributed by atoms with van der Waals surface area (Å²) in [5, 5.41) is 4.26.